The summed E-state index contributed by atoms with van der Waals surface area (Å²) in [5.41, 5.74) is 0.589. The highest BCUT2D eigenvalue weighted by Crippen LogP contribution is 2.42. The van der Waals surface area contributed by atoms with Crippen LogP contribution in [0.5, 0.6) is 5.75 Å². The number of benzene rings is 1. The van der Waals surface area contributed by atoms with Crippen LogP contribution < -0.4 is 10.1 Å². The Morgan fingerprint density at radius 2 is 2.15 bits per heavy atom. The summed E-state index contributed by atoms with van der Waals surface area (Å²) < 4.78 is 5.90. The zero-order valence-electron chi connectivity index (χ0n) is 15.3. The minimum atomic E-state index is -0.994. The summed E-state index contributed by atoms with van der Waals surface area (Å²) in [6.07, 6.45) is 0.602. The second kappa shape index (κ2) is 7.17. The normalized spacial score (nSPS) is 20.8. The largest absolute Gasteiger partial charge is 0.485 e. The first-order chi connectivity index (χ1) is 12.8. The minimum absolute atomic E-state index is 0.248. The number of hydrogen-bond acceptors (Lipinski definition) is 6. The molecule has 2 N–H and O–H groups in total. The van der Waals surface area contributed by atoms with E-state index < -0.39 is 17.7 Å². The van der Waals surface area contributed by atoms with Gasteiger partial charge in [-0.2, -0.15) is 5.26 Å². The van der Waals surface area contributed by atoms with Gasteiger partial charge in [0.1, 0.15) is 29.2 Å². The third-order valence-corrected chi connectivity index (χ3v) is 4.31. The zero-order chi connectivity index (χ0) is 19.6. The van der Waals surface area contributed by atoms with Crippen molar-refractivity contribution >= 4 is 11.7 Å². The van der Waals surface area contributed by atoms with Crippen LogP contribution in [0.2, 0.25) is 0 Å². The predicted molar refractivity (Wildman–Crippen MR) is 99.2 cm³/mol. The number of nitrogens with one attached hydrogen (secondary N) is 1. The van der Waals surface area contributed by atoms with E-state index >= 15 is 0 Å². The fourth-order valence-electron chi connectivity index (χ4n) is 2.95. The van der Waals surface area contributed by atoms with Crippen LogP contribution >= 0.6 is 0 Å². The van der Waals surface area contributed by atoms with Crippen molar-refractivity contribution in [3.8, 4) is 11.8 Å². The quantitative estimate of drug-likeness (QED) is 0.627. The van der Waals surface area contributed by atoms with Gasteiger partial charge >= 0.3 is 0 Å². The molecule has 7 heteroatoms. The van der Waals surface area contributed by atoms with E-state index in [1.165, 1.54) is 6.92 Å². The second-order valence-electron chi connectivity index (χ2n) is 6.83. The average molecular weight is 364 g/mol. The van der Waals surface area contributed by atoms with Gasteiger partial charge in [0.05, 0.1) is 11.6 Å². The zero-order valence-corrected chi connectivity index (χ0v) is 15.3. The number of carbonyl (C=O) groups excluding carboxylic acids is 1. The number of aliphatic imine (C=N–C) groups is 1. The third kappa shape index (κ3) is 3.81. The van der Waals surface area contributed by atoms with Crippen molar-refractivity contribution in [2.45, 2.75) is 38.5 Å². The van der Waals surface area contributed by atoms with Crippen molar-refractivity contribution in [3.63, 3.8) is 0 Å². The fourth-order valence-corrected chi connectivity index (χ4v) is 2.95. The van der Waals surface area contributed by atoms with Crippen LogP contribution in [0.15, 0.2) is 47.6 Å². The van der Waals surface area contributed by atoms with Gasteiger partial charge in [0.2, 0.25) is 5.91 Å². The second-order valence-corrected chi connectivity index (χ2v) is 6.83. The number of aromatic nitrogens is 1. The molecule has 1 amide bonds. The van der Waals surface area contributed by atoms with E-state index in [1.807, 2.05) is 0 Å². The Morgan fingerprint density at radius 1 is 1.37 bits per heavy atom. The monoisotopic (exact) mass is 364 g/mol. The van der Waals surface area contributed by atoms with Crippen LogP contribution in [-0.4, -0.2) is 33.5 Å². The molecule has 2 heterocycles. The molecule has 1 aromatic carbocycles. The Hall–Kier alpha value is -3.24. The first-order valence-corrected chi connectivity index (χ1v) is 8.50. The van der Waals surface area contributed by atoms with Gasteiger partial charge < -0.3 is 15.2 Å². The van der Waals surface area contributed by atoms with Gasteiger partial charge in [-0.15, -0.1) is 0 Å². The van der Waals surface area contributed by atoms with Gasteiger partial charge in [0.25, 0.3) is 0 Å². The number of amidine groups is 1. The Kier molecular flexibility index (Phi) is 4.93. The summed E-state index contributed by atoms with van der Waals surface area (Å²) in [6.45, 7) is 4.91. The van der Waals surface area contributed by atoms with Crippen molar-refractivity contribution in [2.75, 3.05) is 0 Å². The number of aliphatic hydroxyl groups excluding tert-OH is 1. The lowest BCUT2D eigenvalue weighted by Gasteiger charge is -2.40. The SMILES string of the molecule is CC(=O)NC(=NC1c2cc(C#N)ccc2OC(C)(C)C1O)c1ccccn1. The van der Waals surface area contributed by atoms with Crippen LogP contribution in [0.3, 0.4) is 0 Å². The first kappa shape index (κ1) is 18.5. The van der Waals surface area contributed by atoms with Crippen LogP contribution in [0.25, 0.3) is 0 Å². The smallest absolute Gasteiger partial charge is 0.222 e. The molecule has 7 nitrogen and oxygen atoms in total. The van der Waals surface area contributed by atoms with Gasteiger partial charge in [-0.1, -0.05) is 6.07 Å². The summed E-state index contributed by atoms with van der Waals surface area (Å²) in [6, 6.07) is 11.6. The molecule has 0 spiro atoms. The van der Waals surface area contributed by atoms with Gasteiger partial charge in [-0.05, 0) is 44.2 Å². The molecule has 138 valence electrons. The van der Waals surface area contributed by atoms with E-state index in [9.17, 15) is 15.2 Å². The molecule has 0 bridgehead atoms. The highest BCUT2D eigenvalue weighted by atomic mass is 16.5. The maximum atomic E-state index is 11.7. The van der Waals surface area contributed by atoms with Gasteiger partial charge in [0, 0.05) is 18.7 Å². The van der Waals surface area contributed by atoms with Crippen molar-refractivity contribution in [3.05, 3.63) is 59.4 Å². The molecule has 1 aromatic heterocycles. The number of amides is 1. The number of nitriles is 1. The number of hydrogen-bond donors (Lipinski definition) is 2. The molecule has 1 aliphatic heterocycles. The number of carbonyl (C=O) groups is 1. The van der Waals surface area contributed by atoms with Gasteiger partial charge in [-0.3, -0.25) is 14.8 Å². The Labute approximate surface area is 157 Å². The topological polar surface area (TPSA) is 108 Å². The lowest BCUT2D eigenvalue weighted by molar-refractivity contribution is -0.117. The number of rotatable bonds is 2. The molecule has 0 saturated carbocycles. The van der Waals surface area contributed by atoms with E-state index in [2.05, 4.69) is 21.4 Å². The van der Waals surface area contributed by atoms with E-state index in [0.717, 1.165) is 0 Å². The van der Waals surface area contributed by atoms with Crippen molar-refractivity contribution in [2.24, 2.45) is 4.99 Å². The highest BCUT2D eigenvalue weighted by molar-refractivity contribution is 6.06. The molecule has 2 atom stereocenters. The molecular formula is C20H20N4O3. The van der Waals surface area contributed by atoms with E-state index in [4.69, 9.17) is 4.74 Å². The number of aliphatic hydroxyl groups is 1. The molecule has 27 heavy (non-hydrogen) atoms. The van der Waals surface area contributed by atoms with Gasteiger partial charge in [0.15, 0.2) is 5.84 Å². The molecule has 0 saturated heterocycles. The molecule has 0 fully saturated rings. The van der Waals surface area contributed by atoms with Crippen LogP contribution in [-0.2, 0) is 4.79 Å². The summed E-state index contributed by atoms with van der Waals surface area (Å²) in [5, 5.41) is 22.8. The van der Waals surface area contributed by atoms with Crippen molar-refractivity contribution < 1.29 is 14.6 Å². The Morgan fingerprint density at radius 3 is 2.78 bits per heavy atom. The predicted octanol–water partition coefficient (Wildman–Crippen LogP) is 2.11. The van der Waals surface area contributed by atoms with E-state index in [1.54, 1.807) is 56.4 Å². The molecule has 0 radical (unpaired) electrons. The lowest BCUT2D eigenvalue weighted by Crippen LogP contribution is -2.49. The Bertz CT molecular complexity index is 932. The van der Waals surface area contributed by atoms with Crippen molar-refractivity contribution in [1.29, 1.82) is 5.26 Å². The van der Waals surface area contributed by atoms with E-state index in [-0.39, 0.29) is 11.7 Å². The van der Waals surface area contributed by atoms with E-state index in [0.29, 0.717) is 22.6 Å². The summed E-state index contributed by atoms with van der Waals surface area (Å²) in [7, 11) is 0. The molecule has 0 aliphatic carbocycles. The van der Waals surface area contributed by atoms with Crippen molar-refractivity contribution in [1.82, 2.24) is 10.3 Å². The summed E-state index contributed by atoms with van der Waals surface area (Å²) >= 11 is 0. The summed E-state index contributed by atoms with van der Waals surface area (Å²) in [4.78, 5) is 20.5. The Balaban J connectivity index is 2.16. The maximum absolute atomic E-state index is 11.7. The molecule has 1 aliphatic rings. The van der Waals surface area contributed by atoms with Crippen LogP contribution in [0.1, 0.15) is 43.6 Å². The maximum Gasteiger partial charge on any atom is 0.222 e. The average Bonchev–Trinajstić information content (AvgIpc) is 2.64. The summed E-state index contributed by atoms with van der Waals surface area (Å²) in [5.74, 6) is 0.491. The molecule has 3 rings (SSSR count). The lowest BCUT2D eigenvalue weighted by atomic mass is 9.86. The highest BCUT2D eigenvalue weighted by Gasteiger charge is 2.43. The molecular weight excluding hydrogens is 344 g/mol. The number of nitrogens with zero attached hydrogens (tertiary/aromatic N) is 3. The fraction of sp³-hybridized carbons (Fsp3) is 0.300. The van der Waals surface area contributed by atoms with Crippen LogP contribution in [0, 0.1) is 11.3 Å². The molecule has 2 unspecified atom stereocenters. The number of fused-ring (bicyclic) bond motifs is 1. The standard InChI is InChI=1S/C20H20N4O3/c1-12(25)23-19(15-6-4-5-9-22-15)24-17-14-10-13(11-21)7-8-16(14)27-20(2,3)18(17)26/h4-10,17-18,26H,1-3H3,(H,23,24,25). The molecule has 2 aromatic rings. The number of pyridine rings is 1. The number of ether oxygens (including phenoxy) is 1. The minimum Gasteiger partial charge on any atom is -0.485 e. The van der Waals surface area contributed by atoms with Crippen LogP contribution in [0.4, 0.5) is 0 Å². The van der Waals surface area contributed by atoms with Gasteiger partial charge in [-0.25, -0.2) is 0 Å². The first-order valence-electron chi connectivity index (χ1n) is 8.50. The third-order valence-electron chi connectivity index (χ3n) is 4.31.